The van der Waals surface area contributed by atoms with Crippen LogP contribution in [0.15, 0.2) is 36.7 Å². The van der Waals surface area contributed by atoms with Crippen LogP contribution in [0.1, 0.15) is 31.0 Å². The molecule has 0 aliphatic rings. The van der Waals surface area contributed by atoms with Crippen LogP contribution in [0.5, 0.6) is 0 Å². The van der Waals surface area contributed by atoms with Crippen molar-refractivity contribution in [1.82, 2.24) is 15.1 Å². The van der Waals surface area contributed by atoms with Gasteiger partial charge in [0.25, 0.3) is 0 Å². The van der Waals surface area contributed by atoms with Gasteiger partial charge < -0.3 is 15.7 Å². The van der Waals surface area contributed by atoms with Crippen LogP contribution in [-0.4, -0.2) is 27.5 Å². The summed E-state index contributed by atoms with van der Waals surface area (Å²) in [5, 5.41) is 18.7. The molecule has 2 aromatic rings. The number of aliphatic hydroxyl groups is 1. The largest absolute Gasteiger partial charge is 0.392 e. The fraction of sp³-hybridized carbons (Fsp3) is 0.375. The number of anilines is 1. The maximum atomic E-state index is 11.8. The Hall–Kier alpha value is -2.34. The van der Waals surface area contributed by atoms with Crippen LogP contribution >= 0.6 is 0 Å². The van der Waals surface area contributed by atoms with E-state index in [1.54, 1.807) is 17.1 Å². The zero-order valence-corrected chi connectivity index (χ0v) is 12.9. The van der Waals surface area contributed by atoms with Crippen molar-refractivity contribution in [2.45, 2.75) is 32.9 Å². The van der Waals surface area contributed by atoms with E-state index in [0.29, 0.717) is 12.2 Å². The third-order valence-electron chi connectivity index (χ3n) is 3.29. The Morgan fingerprint density at radius 1 is 1.27 bits per heavy atom. The average molecular weight is 302 g/mol. The summed E-state index contributed by atoms with van der Waals surface area (Å²) in [5.41, 5.74) is 2.68. The SMILES string of the molecule is CC(C)n1cc(NC(=O)NCCc2ccc(CO)cc2)cn1. The molecule has 2 rings (SSSR count). The summed E-state index contributed by atoms with van der Waals surface area (Å²) in [6.07, 6.45) is 4.18. The first-order valence-corrected chi connectivity index (χ1v) is 7.36. The van der Waals surface area contributed by atoms with Crippen LogP contribution in [0.3, 0.4) is 0 Å². The fourth-order valence-corrected chi connectivity index (χ4v) is 1.99. The summed E-state index contributed by atoms with van der Waals surface area (Å²) in [6, 6.07) is 7.71. The number of amides is 2. The summed E-state index contributed by atoms with van der Waals surface area (Å²) >= 11 is 0. The molecule has 0 saturated carbocycles. The highest BCUT2D eigenvalue weighted by molar-refractivity contribution is 5.88. The van der Waals surface area contributed by atoms with Crippen molar-refractivity contribution in [1.29, 1.82) is 0 Å². The van der Waals surface area contributed by atoms with Crippen molar-refractivity contribution in [3.8, 4) is 0 Å². The Kier molecular flexibility index (Phi) is 5.55. The van der Waals surface area contributed by atoms with Crippen LogP contribution in [0.2, 0.25) is 0 Å². The van der Waals surface area contributed by atoms with Gasteiger partial charge in [-0.3, -0.25) is 4.68 Å². The van der Waals surface area contributed by atoms with Crippen LogP contribution in [0.4, 0.5) is 10.5 Å². The number of nitrogens with one attached hydrogen (secondary N) is 2. The molecule has 6 nitrogen and oxygen atoms in total. The number of benzene rings is 1. The number of rotatable bonds is 6. The Balaban J connectivity index is 1.74. The van der Waals surface area contributed by atoms with Gasteiger partial charge in [0.05, 0.1) is 18.5 Å². The zero-order chi connectivity index (χ0) is 15.9. The third-order valence-corrected chi connectivity index (χ3v) is 3.29. The van der Waals surface area contributed by atoms with E-state index in [9.17, 15) is 4.79 Å². The highest BCUT2D eigenvalue weighted by atomic mass is 16.3. The number of hydrogen-bond acceptors (Lipinski definition) is 3. The minimum Gasteiger partial charge on any atom is -0.392 e. The number of urea groups is 1. The quantitative estimate of drug-likeness (QED) is 0.766. The zero-order valence-electron chi connectivity index (χ0n) is 12.9. The number of aliphatic hydroxyl groups excluding tert-OH is 1. The van der Waals surface area contributed by atoms with E-state index < -0.39 is 0 Å². The molecule has 0 unspecified atom stereocenters. The van der Waals surface area contributed by atoms with E-state index in [0.717, 1.165) is 17.5 Å². The number of carbonyl (C=O) groups excluding carboxylic acids is 1. The molecule has 1 aromatic carbocycles. The van der Waals surface area contributed by atoms with Gasteiger partial charge >= 0.3 is 6.03 Å². The lowest BCUT2D eigenvalue weighted by Gasteiger charge is -2.07. The summed E-state index contributed by atoms with van der Waals surface area (Å²) in [4.78, 5) is 11.8. The van der Waals surface area contributed by atoms with Gasteiger partial charge in [0.2, 0.25) is 0 Å². The van der Waals surface area contributed by atoms with Gasteiger partial charge in [-0.15, -0.1) is 0 Å². The lowest BCUT2D eigenvalue weighted by Crippen LogP contribution is -2.30. The Labute approximate surface area is 130 Å². The van der Waals surface area contributed by atoms with E-state index in [-0.39, 0.29) is 18.7 Å². The topological polar surface area (TPSA) is 79.2 Å². The molecule has 6 heteroatoms. The van der Waals surface area contributed by atoms with Crippen LogP contribution in [0, 0.1) is 0 Å². The average Bonchev–Trinajstić information content (AvgIpc) is 2.96. The predicted molar refractivity (Wildman–Crippen MR) is 85.7 cm³/mol. The smallest absolute Gasteiger partial charge is 0.319 e. The van der Waals surface area contributed by atoms with Crippen LogP contribution < -0.4 is 10.6 Å². The molecule has 0 spiro atoms. The van der Waals surface area contributed by atoms with E-state index in [1.807, 2.05) is 38.1 Å². The number of aromatic nitrogens is 2. The molecule has 0 bridgehead atoms. The van der Waals surface area contributed by atoms with Gasteiger partial charge in [-0.2, -0.15) is 5.10 Å². The van der Waals surface area contributed by atoms with Gasteiger partial charge in [-0.25, -0.2) is 4.79 Å². The summed E-state index contributed by atoms with van der Waals surface area (Å²) in [7, 11) is 0. The van der Waals surface area contributed by atoms with Crippen LogP contribution in [0.25, 0.3) is 0 Å². The first kappa shape index (κ1) is 16.0. The van der Waals surface area contributed by atoms with Gasteiger partial charge in [0.15, 0.2) is 0 Å². The van der Waals surface area contributed by atoms with E-state index in [4.69, 9.17) is 5.11 Å². The second kappa shape index (κ2) is 7.61. The molecule has 22 heavy (non-hydrogen) atoms. The normalized spacial score (nSPS) is 10.7. The van der Waals surface area contributed by atoms with E-state index in [1.165, 1.54) is 0 Å². The summed E-state index contributed by atoms with van der Waals surface area (Å²) in [5.74, 6) is 0. The van der Waals surface area contributed by atoms with Gasteiger partial charge in [-0.1, -0.05) is 24.3 Å². The van der Waals surface area contributed by atoms with Gasteiger partial charge in [0, 0.05) is 18.8 Å². The molecule has 0 atom stereocenters. The molecule has 3 N–H and O–H groups in total. The van der Waals surface area contributed by atoms with E-state index in [2.05, 4.69) is 15.7 Å². The fourth-order valence-electron chi connectivity index (χ4n) is 1.99. The summed E-state index contributed by atoms with van der Waals surface area (Å²) < 4.78 is 1.79. The number of carbonyl (C=O) groups is 1. The molecule has 0 aliphatic carbocycles. The highest BCUT2D eigenvalue weighted by Gasteiger charge is 2.05. The van der Waals surface area contributed by atoms with Crippen LogP contribution in [-0.2, 0) is 13.0 Å². The Morgan fingerprint density at radius 3 is 2.55 bits per heavy atom. The minimum absolute atomic E-state index is 0.0466. The molecule has 0 fully saturated rings. The lowest BCUT2D eigenvalue weighted by atomic mass is 10.1. The maximum absolute atomic E-state index is 11.8. The molecule has 1 aromatic heterocycles. The Morgan fingerprint density at radius 2 is 1.95 bits per heavy atom. The third kappa shape index (κ3) is 4.60. The molecule has 0 radical (unpaired) electrons. The van der Waals surface area contributed by atoms with Crippen molar-refractivity contribution in [2.75, 3.05) is 11.9 Å². The second-order valence-electron chi connectivity index (χ2n) is 5.41. The standard InChI is InChI=1S/C16H22N4O2/c1-12(2)20-10-15(9-18-20)19-16(22)17-8-7-13-3-5-14(11-21)6-4-13/h3-6,9-10,12,21H,7-8,11H2,1-2H3,(H2,17,19,22). The monoisotopic (exact) mass is 302 g/mol. The van der Waals surface area contributed by atoms with Crippen molar-refractivity contribution < 1.29 is 9.90 Å². The van der Waals surface area contributed by atoms with Crippen molar-refractivity contribution in [3.05, 3.63) is 47.8 Å². The second-order valence-corrected chi connectivity index (χ2v) is 5.41. The van der Waals surface area contributed by atoms with E-state index >= 15 is 0 Å². The maximum Gasteiger partial charge on any atom is 0.319 e. The van der Waals surface area contributed by atoms with Crippen molar-refractivity contribution in [3.63, 3.8) is 0 Å². The molecule has 118 valence electrons. The summed E-state index contributed by atoms with van der Waals surface area (Å²) in [6.45, 7) is 4.64. The Bertz CT molecular complexity index is 605. The molecule has 0 aliphatic heterocycles. The highest BCUT2D eigenvalue weighted by Crippen LogP contribution is 2.09. The van der Waals surface area contributed by atoms with Gasteiger partial charge in [-0.05, 0) is 31.4 Å². The molecular weight excluding hydrogens is 280 g/mol. The molecule has 1 heterocycles. The molecule has 2 amide bonds. The van der Waals surface area contributed by atoms with Gasteiger partial charge in [0.1, 0.15) is 0 Å². The number of hydrogen-bond donors (Lipinski definition) is 3. The first-order chi connectivity index (χ1) is 10.6. The number of nitrogens with zero attached hydrogens (tertiary/aromatic N) is 2. The van der Waals surface area contributed by atoms with Crippen molar-refractivity contribution in [2.24, 2.45) is 0 Å². The lowest BCUT2D eigenvalue weighted by molar-refractivity contribution is 0.252. The molecular formula is C16H22N4O2. The minimum atomic E-state index is -0.240. The predicted octanol–water partition coefficient (Wildman–Crippen LogP) is 2.32. The van der Waals surface area contributed by atoms with Crippen molar-refractivity contribution >= 4 is 11.7 Å². The molecule has 0 saturated heterocycles. The first-order valence-electron chi connectivity index (χ1n) is 7.36.